The van der Waals surface area contributed by atoms with E-state index in [9.17, 15) is 14.7 Å². The fraction of sp³-hybridized carbons (Fsp3) is 0.500. The standard InChI is InChI=1S/C24H31ClN2O5S/c1-15-6-4-5-7-17-13-18(32-24(30)26-17)14-33-22(29)9-8-21(28)27(2)19-11-16(10-15)12-20(31-3)23(19)25/h4-6,11-12,17-18,22,29H,7-10,13-14H2,1-3H3,(H,26,30)/b5-4+,15-6+. The van der Waals surface area contributed by atoms with Crippen molar-refractivity contribution in [3.63, 3.8) is 0 Å². The molecule has 7 nitrogen and oxygen atoms in total. The third kappa shape index (κ3) is 7.16. The lowest BCUT2D eigenvalue weighted by Crippen LogP contribution is -2.46. The van der Waals surface area contributed by atoms with Crippen LogP contribution in [0.2, 0.25) is 5.02 Å². The van der Waals surface area contributed by atoms with E-state index in [1.807, 2.05) is 37.3 Å². The van der Waals surface area contributed by atoms with Gasteiger partial charge in [-0.15, -0.1) is 11.8 Å². The Kier molecular flexibility index (Phi) is 9.11. The van der Waals surface area contributed by atoms with Gasteiger partial charge in [-0.3, -0.25) is 4.79 Å². The second kappa shape index (κ2) is 11.8. The summed E-state index contributed by atoms with van der Waals surface area (Å²) < 4.78 is 10.8. The molecule has 2 N–H and O–H groups in total. The number of hydrogen-bond acceptors (Lipinski definition) is 6. The number of nitrogens with zero attached hydrogens (tertiary/aromatic N) is 1. The lowest BCUT2D eigenvalue weighted by atomic mass is 10.0. The van der Waals surface area contributed by atoms with Gasteiger partial charge in [-0.1, -0.05) is 35.4 Å². The maximum Gasteiger partial charge on any atom is 0.407 e. The number of alkyl carbamates (subject to hydrolysis) is 1. The number of amides is 2. The SMILES string of the molecule is COc1cc2cc(c1Cl)N(C)C(=O)CCC(O)SCC1CC(C/C=C/C=C(\C)C2)NC(=O)O1. The van der Waals surface area contributed by atoms with Crippen LogP contribution in [0.5, 0.6) is 5.75 Å². The Bertz CT molecular complexity index is 936. The molecule has 2 aliphatic rings. The average Bonchev–Trinajstić information content (AvgIpc) is 2.78. The number of methoxy groups -OCH3 is 1. The molecule has 1 aromatic carbocycles. The summed E-state index contributed by atoms with van der Waals surface area (Å²) in [5.41, 5.74) is 1.94. The molecule has 0 saturated carbocycles. The van der Waals surface area contributed by atoms with Crippen molar-refractivity contribution >= 4 is 41.1 Å². The van der Waals surface area contributed by atoms with E-state index in [0.717, 1.165) is 11.1 Å². The molecule has 1 saturated heterocycles. The number of thioether (sulfide) groups is 1. The molecule has 0 radical (unpaired) electrons. The Balaban J connectivity index is 1.87. The third-order valence-electron chi connectivity index (χ3n) is 5.68. The first-order chi connectivity index (χ1) is 15.8. The van der Waals surface area contributed by atoms with Crippen LogP contribution in [-0.4, -0.2) is 54.6 Å². The summed E-state index contributed by atoms with van der Waals surface area (Å²) in [6, 6.07) is 3.77. The van der Waals surface area contributed by atoms with Crippen molar-refractivity contribution in [1.82, 2.24) is 5.32 Å². The maximum absolute atomic E-state index is 12.8. The van der Waals surface area contributed by atoms with E-state index in [0.29, 0.717) is 41.5 Å². The van der Waals surface area contributed by atoms with Crippen molar-refractivity contribution in [1.29, 1.82) is 0 Å². The predicted molar refractivity (Wildman–Crippen MR) is 132 cm³/mol. The van der Waals surface area contributed by atoms with Gasteiger partial charge in [0, 0.05) is 31.7 Å². The summed E-state index contributed by atoms with van der Waals surface area (Å²) in [6.45, 7) is 2.04. The van der Waals surface area contributed by atoms with Gasteiger partial charge < -0.3 is 24.8 Å². The molecule has 3 atom stereocenters. The van der Waals surface area contributed by atoms with Crippen molar-refractivity contribution in [3.05, 3.63) is 46.5 Å². The minimum absolute atomic E-state index is 0.0145. The second-order valence-corrected chi connectivity index (χ2v) is 9.96. The van der Waals surface area contributed by atoms with Crippen LogP contribution in [0.15, 0.2) is 35.9 Å². The highest BCUT2D eigenvalue weighted by Gasteiger charge is 2.28. The van der Waals surface area contributed by atoms with E-state index in [1.165, 1.54) is 16.7 Å². The summed E-state index contributed by atoms with van der Waals surface area (Å²) in [5, 5.41) is 13.6. The van der Waals surface area contributed by atoms with Crippen LogP contribution in [-0.2, 0) is 16.0 Å². The zero-order chi connectivity index (χ0) is 24.0. The number of aliphatic hydroxyl groups is 1. The predicted octanol–water partition coefficient (Wildman–Crippen LogP) is 4.46. The molecule has 2 aliphatic heterocycles. The Labute approximate surface area is 204 Å². The number of allylic oxidation sites excluding steroid dienone is 3. The molecule has 2 amide bonds. The lowest BCUT2D eigenvalue weighted by molar-refractivity contribution is -0.118. The normalized spacial score (nSPS) is 27.7. The Morgan fingerprint density at radius 2 is 2.12 bits per heavy atom. The Hall–Kier alpha value is -2.16. The molecule has 0 aliphatic carbocycles. The van der Waals surface area contributed by atoms with Crippen molar-refractivity contribution < 1.29 is 24.2 Å². The molecule has 1 aromatic rings. The molecule has 1 fully saturated rings. The number of fused-ring (bicyclic) bond motifs is 4. The molecule has 0 aromatic heterocycles. The molecule has 4 bridgehead atoms. The summed E-state index contributed by atoms with van der Waals surface area (Å²) >= 11 is 7.81. The van der Waals surface area contributed by atoms with E-state index in [-0.39, 0.29) is 30.9 Å². The maximum atomic E-state index is 12.8. The van der Waals surface area contributed by atoms with E-state index in [4.69, 9.17) is 21.1 Å². The highest BCUT2D eigenvalue weighted by Crippen LogP contribution is 2.37. The Morgan fingerprint density at radius 1 is 1.33 bits per heavy atom. The smallest absolute Gasteiger partial charge is 0.407 e. The molecule has 3 unspecified atom stereocenters. The number of rotatable bonds is 1. The fourth-order valence-corrected chi connectivity index (χ4v) is 5.11. The van der Waals surface area contributed by atoms with Gasteiger partial charge in [-0.2, -0.15) is 0 Å². The lowest BCUT2D eigenvalue weighted by Gasteiger charge is -2.30. The van der Waals surface area contributed by atoms with Crippen LogP contribution in [0.25, 0.3) is 0 Å². The third-order valence-corrected chi connectivity index (χ3v) is 7.24. The monoisotopic (exact) mass is 494 g/mol. The molecular formula is C24H31ClN2O5S. The van der Waals surface area contributed by atoms with Crippen LogP contribution in [0.1, 0.15) is 38.2 Å². The zero-order valence-corrected chi connectivity index (χ0v) is 20.7. The second-order valence-electron chi connectivity index (χ2n) is 8.37. The van der Waals surface area contributed by atoms with Gasteiger partial charge >= 0.3 is 6.09 Å². The van der Waals surface area contributed by atoms with Crippen molar-refractivity contribution in [2.75, 3.05) is 24.8 Å². The van der Waals surface area contributed by atoms with Crippen LogP contribution in [0.4, 0.5) is 10.5 Å². The average molecular weight is 495 g/mol. The van der Waals surface area contributed by atoms with Crippen molar-refractivity contribution in [2.24, 2.45) is 0 Å². The largest absolute Gasteiger partial charge is 0.495 e. The van der Waals surface area contributed by atoms with Gasteiger partial charge in [-0.05, 0) is 43.9 Å². The minimum Gasteiger partial charge on any atom is -0.495 e. The van der Waals surface area contributed by atoms with Crippen LogP contribution in [0.3, 0.4) is 0 Å². The number of carbonyl (C=O) groups is 2. The topological polar surface area (TPSA) is 88.1 Å². The summed E-state index contributed by atoms with van der Waals surface area (Å²) in [4.78, 5) is 26.3. The van der Waals surface area contributed by atoms with E-state index in [2.05, 4.69) is 5.32 Å². The van der Waals surface area contributed by atoms with Crippen LogP contribution >= 0.6 is 23.4 Å². The quantitative estimate of drug-likeness (QED) is 0.599. The van der Waals surface area contributed by atoms with Gasteiger partial charge in [-0.25, -0.2) is 4.79 Å². The number of aliphatic hydroxyl groups excluding tert-OH is 1. The summed E-state index contributed by atoms with van der Waals surface area (Å²) in [6.07, 6.45) is 7.83. The molecule has 0 spiro atoms. The highest BCUT2D eigenvalue weighted by molar-refractivity contribution is 7.99. The minimum atomic E-state index is -0.737. The molecular weight excluding hydrogens is 464 g/mol. The number of carbonyl (C=O) groups excluding carboxylic acids is 2. The van der Waals surface area contributed by atoms with Crippen LogP contribution < -0.4 is 15.0 Å². The number of anilines is 1. The van der Waals surface area contributed by atoms with Gasteiger partial charge in [0.25, 0.3) is 0 Å². The molecule has 33 heavy (non-hydrogen) atoms. The van der Waals surface area contributed by atoms with E-state index >= 15 is 0 Å². The van der Waals surface area contributed by atoms with Gasteiger partial charge in [0.15, 0.2) is 0 Å². The van der Waals surface area contributed by atoms with E-state index in [1.54, 1.807) is 14.2 Å². The summed E-state index contributed by atoms with van der Waals surface area (Å²) in [7, 11) is 3.23. The number of hydrogen-bond donors (Lipinski definition) is 2. The molecule has 180 valence electrons. The van der Waals surface area contributed by atoms with Gasteiger partial charge in [0.1, 0.15) is 16.9 Å². The fourth-order valence-electron chi connectivity index (χ4n) is 3.87. The number of halogens is 1. The molecule has 9 heteroatoms. The van der Waals surface area contributed by atoms with Crippen LogP contribution in [0, 0.1) is 0 Å². The van der Waals surface area contributed by atoms with Gasteiger partial charge in [0.05, 0.1) is 18.2 Å². The summed E-state index contributed by atoms with van der Waals surface area (Å²) in [5.74, 6) is 0.831. The first-order valence-corrected chi connectivity index (χ1v) is 12.4. The Morgan fingerprint density at radius 3 is 2.88 bits per heavy atom. The van der Waals surface area contributed by atoms with Crippen molar-refractivity contribution in [2.45, 2.75) is 56.6 Å². The highest BCUT2D eigenvalue weighted by atomic mass is 35.5. The molecule has 2 heterocycles. The van der Waals surface area contributed by atoms with Gasteiger partial charge in [0.2, 0.25) is 5.91 Å². The molecule has 3 rings (SSSR count). The van der Waals surface area contributed by atoms with Crippen molar-refractivity contribution in [3.8, 4) is 5.75 Å². The number of benzene rings is 1. The number of ether oxygens (including phenoxy) is 2. The number of nitrogens with one attached hydrogen (secondary N) is 1. The first-order valence-electron chi connectivity index (χ1n) is 11.0. The van der Waals surface area contributed by atoms with E-state index < -0.39 is 11.5 Å². The first kappa shape index (κ1) is 25.5. The zero-order valence-electron chi connectivity index (χ0n) is 19.2.